The zero-order valence-corrected chi connectivity index (χ0v) is 15.1. The molecule has 1 aromatic carbocycles. The lowest BCUT2D eigenvalue weighted by Crippen LogP contribution is -2.42. The predicted molar refractivity (Wildman–Crippen MR) is 90.0 cm³/mol. The lowest BCUT2D eigenvalue weighted by atomic mass is 10.1. The highest BCUT2D eigenvalue weighted by atomic mass is 35.5. The van der Waals surface area contributed by atoms with E-state index in [0.29, 0.717) is 13.0 Å². The molecular formula is C16H23ClF4N2O2. The molecule has 0 atom stereocenters. The maximum atomic E-state index is 13.2. The maximum absolute atomic E-state index is 13.2. The van der Waals surface area contributed by atoms with Gasteiger partial charge in [-0.05, 0) is 30.7 Å². The number of amides is 1. The van der Waals surface area contributed by atoms with Crippen molar-refractivity contribution in [1.29, 1.82) is 0 Å². The fraction of sp³-hybridized carbons (Fsp3) is 0.562. The second-order valence-electron chi connectivity index (χ2n) is 5.74. The number of ether oxygens (including phenoxy) is 1. The lowest BCUT2D eigenvalue weighted by Gasteiger charge is -2.23. The molecule has 4 nitrogen and oxygen atoms in total. The Hall–Kier alpha value is -1.54. The number of benzene rings is 1. The number of nitrogens with zero attached hydrogens (tertiary/aromatic N) is 1. The van der Waals surface area contributed by atoms with Crippen LogP contribution in [0.1, 0.15) is 12.5 Å². The average Bonchev–Trinajstić information content (AvgIpc) is 2.48. The molecule has 0 radical (unpaired) electrons. The first-order valence-electron chi connectivity index (χ1n) is 7.41. The second-order valence-corrected chi connectivity index (χ2v) is 5.74. The molecular weight excluding hydrogens is 364 g/mol. The van der Waals surface area contributed by atoms with E-state index < -0.39 is 18.5 Å². The zero-order valence-electron chi connectivity index (χ0n) is 14.3. The molecule has 9 heteroatoms. The molecule has 25 heavy (non-hydrogen) atoms. The van der Waals surface area contributed by atoms with Gasteiger partial charge >= 0.3 is 11.8 Å². The first kappa shape index (κ1) is 23.5. The molecule has 0 aliphatic rings. The van der Waals surface area contributed by atoms with Crippen LogP contribution in [0.15, 0.2) is 24.3 Å². The number of carbonyl (C=O) groups is 1. The minimum atomic E-state index is -4.24. The van der Waals surface area contributed by atoms with Crippen molar-refractivity contribution in [2.75, 3.05) is 33.8 Å². The Labute approximate surface area is 150 Å². The van der Waals surface area contributed by atoms with Gasteiger partial charge in [0.15, 0.2) is 6.61 Å². The van der Waals surface area contributed by atoms with E-state index in [4.69, 9.17) is 4.74 Å². The lowest BCUT2D eigenvalue weighted by molar-refractivity contribution is -0.211. The van der Waals surface area contributed by atoms with Crippen LogP contribution < -0.4 is 10.1 Å². The summed E-state index contributed by atoms with van der Waals surface area (Å²) in [5.41, 5.74) is 0.781. The summed E-state index contributed by atoms with van der Waals surface area (Å²) in [4.78, 5) is 12.8. The molecule has 0 heterocycles. The van der Waals surface area contributed by atoms with Crippen LogP contribution in [0, 0.1) is 0 Å². The predicted octanol–water partition coefficient (Wildman–Crippen LogP) is 3.00. The van der Waals surface area contributed by atoms with E-state index in [9.17, 15) is 22.4 Å². The summed E-state index contributed by atoms with van der Waals surface area (Å²) in [7, 11) is 3.31. The molecule has 0 saturated carbocycles. The SMILES string of the molecule is CN(C)C(=O)CNCCc1cccc(OCC(F)(F)C(C)(F)F)c1.Cl. The molecule has 0 spiro atoms. The minimum absolute atomic E-state index is 0. The molecule has 0 aliphatic carbocycles. The summed E-state index contributed by atoms with van der Waals surface area (Å²) < 4.78 is 56.7. The van der Waals surface area contributed by atoms with Crippen LogP contribution in [-0.4, -0.2) is 56.4 Å². The van der Waals surface area contributed by atoms with Crippen LogP contribution in [0.5, 0.6) is 5.75 Å². The van der Waals surface area contributed by atoms with Gasteiger partial charge in [-0.2, -0.15) is 8.78 Å². The largest absolute Gasteiger partial charge is 0.487 e. The Morgan fingerprint density at radius 2 is 1.88 bits per heavy atom. The molecule has 0 saturated heterocycles. The molecule has 0 aliphatic heterocycles. The first-order valence-corrected chi connectivity index (χ1v) is 7.41. The van der Waals surface area contributed by atoms with E-state index in [-0.39, 0.29) is 37.5 Å². The highest BCUT2D eigenvalue weighted by Gasteiger charge is 2.52. The van der Waals surface area contributed by atoms with Crippen molar-refractivity contribution in [1.82, 2.24) is 10.2 Å². The van der Waals surface area contributed by atoms with Crippen LogP contribution in [0.4, 0.5) is 17.6 Å². The van der Waals surface area contributed by atoms with Gasteiger partial charge in [-0.15, -0.1) is 12.4 Å². The Morgan fingerprint density at radius 3 is 2.44 bits per heavy atom. The zero-order chi connectivity index (χ0) is 18.4. The Morgan fingerprint density at radius 1 is 1.24 bits per heavy atom. The number of halogens is 5. The van der Waals surface area contributed by atoms with Gasteiger partial charge in [0.2, 0.25) is 5.91 Å². The van der Waals surface area contributed by atoms with Crippen molar-refractivity contribution in [2.24, 2.45) is 0 Å². The number of rotatable bonds is 9. The van der Waals surface area contributed by atoms with E-state index in [1.165, 1.54) is 17.0 Å². The quantitative estimate of drug-likeness (QED) is 0.524. The van der Waals surface area contributed by atoms with Crippen LogP contribution >= 0.6 is 12.4 Å². The molecule has 144 valence electrons. The maximum Gasteiger partial charge on any atom is 0.342 e. The van der Waals surface area contributed by atoms with Gasteiger partial charge in [0.05, 0.1) is 6.54 Å². The first-order chi connectivity index (χ1) is 11.0. The highest BCUT2D eigenvalue weighted by molar-refractivity contribution is 5.85. The van der Waals surface area contributed by atoms with Crippen LogP contribution in [0.25, 0.3) is 0 Å². The van der Waals surface area contributed by atoms with Crippen LogP contribution in [0.2, 0.25) is 0 Å². The molecule has 1 aromatic rings. The third-order valence-electron chi connectivity index (χ3n) is 3.33. The second kappa shape index (κ2) is 9.82. The van der Waals surface area contributed by atoms with Crippen molar-refractivity contribution in [3.05, 3.63) is 29.8 Å². The van der Waals surface area contributed by atoms with E-state index in [2.05, 4.69) is 5.32 Å². The van der Waals surface area contributed by atoms with Gasteiger partial charge in [0.1, 0.15) is 5.75 Å². The van der Waals surface area contributed by atoms with Gasteiger partial charge in [-0.3, -0.25) is 4.79 Å². The van der Waals surface area contributed by atoms with Crippen LogP contribution in [0.3, 0.4) is 0 Å². The van der Waals surface area contributed by atoms with Crippen molar-refractivity contribution in [3.63, 3.8) is 0 Å². The fourth-order valence-electron chi connectivity index (χ4n) is 1.68. The van der Waals surface area contributed by atoms with Crippen molar-refractivity contribution in [2.45, 2.75) is 25.2 Å². The number of alkyl halides is 4. The smallest absolute Gasteiger partial charge is 0.342 e. The summed E-state index contributed by atoms with van der Waals surface area (Å²) in [6.07, 6.45) is 0.540. The van der Waals surface area contributed by atoms with E-state index in [1.807, 2.05) is 0 Å². The Kier molecular flexibility index (Phi) is 9.21. The summed E-state index contributed by atoms with van der Waals surface area (Å²) in [5, 5.41) is 2.96. The highest BCUT2D eigenvalue weighted by Crippen LogP contribution is 2.34. The Bertz CT molecular complexity index is 551. The normalized spacial score (nSPS) is 11.6. The van der Waals surface area contributed by atoms with E-state index in [1.54, 1.807) is 26.2 Å². The standard InChI is InChI=1S/C16H22F4N2O2.ClH/c1-15(17,18)16(19,20)11-24-13-6-4-5-12(9-13)7-8-21-10-14(23)22(2)3;/h4-6,9,21H,7-8,10-11H2,1-3H3;1H. The molecule has 1 N–H and O–H groups in total. The number of hydrogen-bond acceptors (Lipinski definition) is 3. The molecule has 0 aromatic heterocycles. The third kappa shape index (κ3) is 7.92. The molecule has 0 fully saturated rings. The number of carbonyl (C=O) groups excluding carboxylic acids is 1. The van der Waals surface area contributed by atoms with Crippen LogP contribution in [-0.2, 0) is 11.2 Å². The van der Waals surface area contributed by atoms with Gasteiger partial charge in [-0.1, -0.05) is 12.1 Å². The van der Waals surface area contributed by atoms with Gasteiger partial charge in [0, 0.05) is 21.0 Å². The van der Waals surface area contributed by atoms with Crippen molar-refractivity contribution in [3.8, 4) is 5.75 Å². The Balaban J connectivity index is 0.00000576. The number of nitrogens with one attached hydrogen (secondary N) is 1. The number of likely N-dealkylation sites (N-methyl/N-ethyl adjacent to an activating group) is 1. The van der Waals surface area contributed by atoms with Crippen molar-refractivity contribution < 1.29 is 27.1 Å². The summed E-state index contributed by atoms with van der Waals surface area (Å²) in [6, 6.07) is 6.29. The monoisotopic (exact) mass is 386 g/mol. The molecule has 0 unspecified atom stereocenters. The summed E-state index contributed by atoms with van der Waals surface area (Å²) >= 11 is 0. The van der Waals surface area contributed by atoms with Gasteiger partial charge in [-0.25, -0.2) is 8.78 Å². The summed E-state index contributed by atoms with van der Waals surface area (Å²) in [6.45, 7) is -0.532. The molecule has 1 amide bonds. The van der Waals surface area contributed by atoms with E-state index >= 15 is 0 Å². The number of hydrogen-bond donors (Lipinski definition) is 1. The molecule has 1 rings (SSSR count). The van der Waals surface area contributed by atoms with Gasteiger partial charge < -0.3 is 15.0 Å². The topological polar surface area (TPSA) is 41.6 Å². The van der Waals surface area contributed by atoms with E-state index in [0.717, 1.165) is 5.56 Å². The third-order valence-corrected chi connectivity index (χ3v) is 3.33. The molecule has 0 bridgehead atoms. The minimum Gasteiger partial charge on any atom is -0.487 e. The fourth-order valence-corrected chi connectivity index (χ4v) is 1.68. The van der Waals surface area contributed by atoms with Gasteiger partial charge in [0.25, 0.3) is 0 Å². The average molecular weight is 387 g/mol. The van der Waals surface area contributed by atoms with Crippen molar-refractivity contribution >= 4 is 18.3 Å². The summed E-state index contributed by atoms with van der Waals surface area (Å²) in [5.74, 6) is -8.35.